The molecule has 0 bridgehead atoms. The standard InChI is InChI=1S/C22H34O4/c1-17-9-3-5-11-19(17)15-25-21(23)13-7-8-14-22(24)26-16-20-12-6-4-10-18(20)2/h3-6,17-20H,7-16H2,1-2H3/t17-,18+,19-,20+. The van der Waals surface area contributed by atoms with E-state index in [-0.39, 0.29) is 11.9 Å². The van der Waals surface area contributed by atoms with Crippen LogP contribution in [-0.2, 0) is 19.1 Å². The molecule has 0 saturated carbocycles. The van der Waals surface area contributed by atoms with Crippen LogP contribution in [0.5, 0.6) is 0 Å². The molecule has 26 heavy (non-hydrogen) atoms. The lowest BCUT2D eigenvalue weighted by atomic mass is 9.85. The monoisotopic (exact) mass is 362 g/mol. The lowest BCUT2D eigenvalue weighted by Crippen LogP contribution is -2.22. The van der Waals surface area contributed by atoms with Crippen LogP contribution in [0.1, 0.15) is 65.2 Å². The van der Waals surface area contributed by atoms with Crippen molar-refractivity contribution >= 4 is 11.9 Å². The van der Waals surface area contributed by atoms with Gasteiger partial charge in [-0.15, -0.1) is 0 Å². The molecule has 4 atom stereocenters. The van der Waals surface area contributed by atoms with Crippen molar-refractivity contribution in [2.75, 3.05) is 13.2 Å². The summed E-state index contributed by atoms with van der Waals surface area (Å²) in [4.78, 5) is 23.7. The van der Waals surface area contributed by atoms with E-state index in [0.29, 0.717) is 62.6 Å². The second-order valence-electron chi connectivity index (χ2n) is 7.93. The minimum atomic E-state index is -0.150. The van der Waals surface area contributed by atoms with Gasteiger partial charge in [-0.1, -0.05) is 38.2 Å². The first-order valence-corrected chi connectivity index (χ1v) is 10.2. The van der Waals surface area contributed by atoms with Crippen LogP contribution < -0.4 is 0 Å². The number of ether oxygens (including phenoxy) is 2. The quantitative estimate of drug-likeness (QED) is 0.335. The van der Waals surface area contributed by atoms with Crippen molar-refractivity contribution in [3.05, 3.63) is 24.3 Å². The summed E-state index contributed by atoms with van der Waals surface area (Å²) in [5.41, 5.74) is 0. The fourth-order valence-electron chi connectivity index (χ4n) is 3.56. The van der Waals surface area contributed by atoms with Gasteiger partial charge in [-0.05, 0) is 62.2 Å². The fraction of sp³-hybridized carbons (Fsp3) is 0.727. The number of esters is 2. The minimum Gasteiger partial charge on any atom is -0.465 e. The Morgan fingerprint density at radius 2 is 1.12 bits per heavy atom. The number of unbranched alkanes of at least 4 members (excludes halogenated alkanes) is 1. The van der Waals surface area contributed by atoms with Crippen LogP contribution in [0.3, 0.4) is 0 Å². The molecule has 2 aliphatic carbocycles. The highest BCUT2D eigenvalue weighted by Gasteiger charge is 2.21. The van der Waals surface area contributed by atoms with E-state index in [1.54, 1.807) is 0 Å². The van der Waals surface area contributed by atoms with Crippen molar-refractivity contribution in [2.45, 2.75) is 65.2 Å². The molecule has 0 aromatic heterocycles. The molecule has 2 rings (SSSR count). The molecule has 4 heteroatoms. The van der Waals surface area contributed by atoms with Crippen LogP contribution in [-0.4, -0.2) is 25.2 Å². The number of allylic oxidation sites excluding steroid dienone is 4. The van der Waals surface area contributed by atoms with Crippen molar-refractivity contribution < 1.29 is 19.1 Å². The van der Waals surface area contributed by atoms with Gasteiger partial charge < -0.3 is 9.47 Å². The summed E-state index contributed by atoms with van der Waals surface area (Å²) in [6.07, 6.45) is 15.0. The zero-order chi connectivity index (χ0) is 18.8. The third-order valence-electron chi connectivity index (χ3n) is 5.76. The first-order valence-electron chi connectivity index (χ1n) is 10.2. The number of carbonyl (C=O) groups excluding carboxylic acids is 2. The van der Waals surface area contributed by atoms with Crippen molar-refractivity contribution in [3.63, 3.8) is 0 Å². The second kappa shape index (κ2) is 11.2. The molecule has 0 saturated heterocycles. The number of rotatable bonds is 9. The van der Waals surface area contributed by atoms with Gasteiger partial charge in [0, 0.05) is 12.8 Å². The fourth-order valence-corrected chi connectivity index (χ4v) is 3.56. The Kier molecular flexibility index (Phi) is 8.93. The van der Waals surface area contributed by atoms with Crippen LogP contribution in [0.2, 0.25) is 0 Å². The SMILES string of the molecule is C[C@@H]1CC=CC[C@@H]1COC(=O)CCCCC(=O)OC[C@@H]1CC=CC[C@@H]1C. The molecule has 0 spiro atoms. The number of carbonyl (C=O) groups is 2. The van der Waals surface area contributed by atoms with E-state index >= 15 is 0 Å². The van der Waals surface area contributed by atoms with Gasteiger partial charge >= 0.3 is 11.9 Å². The molecule has 0 aromatic rings. The lowest BCUT2D eigenvalue weighted by Gasteiger charge is -2.24. The van der Waals surface area contributed by atoms with Crippen molar-refractivity contribution in [2.24, 2.45) is 23.7 Å². The van der Waals surface area contributed by atoms with Gasteiger partial charge in [-0.25, -0.2) is 0 Å². The van der Waals surface area contributed by atoms with Gasteiger partial charge in [0.2, 0.25) is 0 Å². The summed E-state index contributed by atoms with van der Waals surface area (Å²) in [5, 5.41) is 0. The van der Waals surface area contributed by atoms with E-state index in [4.69, 9.17) is 9.47 Å². The normalized spacial score (nSPS) is 27.9. The van der Waals surface area contributed by atoms with E-state index in [1.807, 2.05) is 0 Å². The van der Waals surface area contributed by atoms with Gasteiger partial charge in [-0.3, -0.25) is 9.59 Å². The molecular formula is C22H34O4. The predicted octanol–water partition coefficient (Wildman–Crippen LogP) is 4.84. The maximum atomic E-state index is 11.8. The lowest BCUT2D eigenvalue weighted by molar-refractivity contribution is -0.147. The molecule has 0 heterocycles. The zero-order valence-corrected chi connectivity index (χ0v) is 16.3. The summed E-state index contributed by atoms with van der Waals surface area (Å²) in [6.45, 7) is 5.44. The molecule has 0 N–H and O–H groups in total. The summed E-state index contributed by atoms with van der Waals surface area (Å²) in [5.74, 6) is 1.73. The molecule has 2 aliphatic rings. The van der Waals surface area contributed by atoms with E-state index in [2.05, 4.69) is 38.2 Å². The van der Waals surface area contributed by atoms with Crippen LogP contribution in [0.15, 0.2) is 24.3 Å². The highest BCUT2D eigenvalue weighted by molar-refractivity contribution is 5.70. The molecule has 146 valence electrons. The Morgan fingerprint density at radius 1 is 0.731 bits per heavy atom. The Labute approximate surface area is 158 Å². The van der Waals surface area contributed by atoms with Crippen molar-refractivity contribution in [3.8, 4) is 0 Å². The zero-order valence-electron chi connectivity index (χ0n) is 16.3. The number of hydrogen-bond acceptors (Lipinski definition) is 4. The smallest absolute Gasteiger partial charge is 0.305 e. The predicted molar refractivity (Wildman–Crippen MR) is 102 cm³/mol. The Hall–Kier alpha value is -1.58. The summed E-state index contributed by atoms with van der Waals surface area (Å²) < 4.78 is 10.8. The highest BCUT2D eigenvalue weighted by Crippen LogP contribution is 2.26. The summed E-state index contributed by atoms with van der Waals surface area (Å²) in [7, 11) is 0. The van der Waals surface area contributed by atoms with Crippen molar-refractivity contribution in [1.82, 2.24) is 0 Å². The molecule has 0 amide bonds. The third-order valence-corrected chi connectivity index (χ3v) is 5.76. The van der Waals surface area contributed by atoms with Gasteiger partial charge in [0.25, 0.3) is 0 Å². The maximum Gasteiger partial charge on any atom is 0.305 e. The Balaban J connectivity index is 1.49. The number of hydrogen-bond donors (Lipinski definition) is 0. The van der Waals surface area contributed by atoms with E-state index < -0.39 is 0 Å². The molecule has 0 fully saturated rings. The molecule has 4 nitrogen and oxygen atoms in total. The topological polar surface area (TPSA) is 52.6 Å². The van der Waals surface area contributed by atoms with Crippen LogP contribution in [0, 0.1) is 23.7 Å². The molecule has 0 radical (unpaired) electrons. The summed E-state index contributed by atoms with van der Waals surface area (Å²) >= 11 is 0. The third kappa shape index (κ3) is 7.35. The first kappa shape index (κ1) is 20.7. The Morgan fingerprint density at radius 3 is 1.50 bits per heavy atom. The van der Waals surface area contributed by atoms with Gasteiger partial charge in [0.05, 0.1) is 13.2 Å². The maximum absolute atomic E-state index is 11.8. The molecular weight excluding hydrogens is 328 g/mol. The van der Waals surface area contributed by atoms with Crippen LogP contribution >= 0.6 is 0 Å². The van der Waals surface area contributed by atoms with Crippen molar-refractivity contribution in [1.29, 1.82) is 0 Å². The van der Waals surface area contributed by atoms with Crippen LogP contribution in [0.4, 0.5) is 0 Å². The van der Waals surface area contributed by atoms with Gasteiger partial charge in [-0.2, -0.15) is 0 Å². The van der Waals surface area contributed by atoms with Gasteiger partial charge in [0.1, 0.15) is 0 Å². The Bertz CT molecular complexity index is 462. The van der Waals surface area contributed by atoms with Crippen LogP contribution in [0.25, 0.3) is 0 Å². The second-order valence-corrected chi connectivity index (χ2v) is 7.93. The highest BCUT2D eigenvalue weighted by atomic mass is 16.5. The van der Waals surface area contributed by atoms with E-state index in [0.717, 1.165) is 25.7 Å². The molecule has 0 unspecified atom stereocenters. The molecule has 0 aliphatic heterocycles. The van der Waals surface area contributed by atoms with E-state index in [9.17, 15) is 9.59 Å². The van der Waals surface area contributed by atoms with Gasteiger partial charge in [0.15, 0.2) is 0 Å². The summed E-state index contributed by atoms with van der Waals surface area (Å²) in [6, 6.07) is 0. The minimum absolute atomic E-state index is 0.150. The average Bonchev–Trinajstić information content (AvgIpc) is 2.64. The van der Waals surface area contributed by atoms with E-state index in [1.165, 1.54) is 0 Å². The molecule has 0 aromatic carbocycles. The largest absolute Gasteiger partial charge is 0.465 e. The first-order chi connectivity index (χ1) is 12.6. The average molecular weight is 363 g/mol.